The Morgan fingerprint density at radius 1 is 0.679 bits per heavy atom. The number of rotatable bonds is 8. The fourth-order valence-corrected chi connectivity index (χ4v) is 62.0. The predicted molar refractivity (Wildman–Crippen MR) is 144 cm³/mol. The number of benzene rings is 1. The third-order valence-corrected chi connectivity index (χ3v) is 44.3. The topological polar surface area (TPSA) is 0 Å². The number of unbranched alkanes of at least 4 members (excludes halogenated alkanes) is 1. The Morgan fingerprint density at radius 2 is 1.04 bits per heavy atom. The van der Waals surface area contributed by atoms with E-state index in [1.807, 2.05) is 5.19 Å². The molecule has 28 heavy (non-hydrogen) atoms. The van der Waals surface area contributed by atoms with Crippen molar-refractivity contribution in [2.75, 3.05) is 0 Å². The largest absolute Gasteiger partial charge is 0.0827 e. The molecule has 0 N–H and O–H groups in total. The quantitative estimate of drug-likeness (QED) is 0.351. The van der Waals surface area contributed by atoms with Gasteiger partial charge in [0.1, 0.15) is 0 Å². The second-order valence-electron chi connectivity index (χ2n) is 12.7. The van der Waals surface area contributed by atoms with Gasteiger partial charge < -0.3 is 0 Å². The highest BCUT2D eigenvalue weighted by Gasteiger charge is 2.69. The highest BCUT2D eigenvalue weighted by Crippen LogP contribution is 2.61. The van der Waals surface area contributed by atoms with Crippen molar-refractivity contribution in [1.82, 2.24) is 0 Å². The Balaban J connectivity index is 4.21. The van der Waals surface area contributed by atoms with Gasteiger partial charge in [0.15, 0.2) is 0 Å². The molecule has 0 aliphatic rings. The molecule has 0 saturated carbocycles. The van der Waals surface area contributed by atoms with Gasteiger partial charge in [-0.25, -0.2) is 0 Å². The molecule has 1 atom stereocenters. The lowest BCUT2D eigenvalue weighted by Crippen LogP contribution is -2.80. The van der Waals surface area contributed by atoms with Gasteiger partial charge >= 0.3 is 0 Å². The molecule has 0 aromatic heterocycles. The molecule has 0 heterocycles. The molecule has 1 rings (SSSR count). The first-order valence-electron chi connectivity index (χ1n) is 11.5. The van der Waals surface area contributed by atoms with E-state index in [1.54, 1.807) is 11.1 Å². The van der Waals surface area contributed by atoms with E-state index in [0.29, 0.717) is 3.91 Å². The van der Waals surface area contributed by atoms with Crippen LogP contribution in [0.25, 0.3) is 0 Å². The van der Waals surface area contributed by atoms with E-state index >= 15 is 0 Å². The molecule has 4 heteroatoms. The van der Waals surface area contributed by atoms with Crippen molar-refractivity contribution in [2.24, 2.45) is 0 Å². The molecule has 162 valence electrons. The van der Waals surface area contributed by atoms with E-state index in [1.165, 1.54) is 24.4 Å². The van der Waals surface area contributed by atoms with E-state index in [0.717, 1.165) is 0 Å². The summed E-state index contributed by atoms with van der Waals surface area (Å²) in [7, 11) is -6.11. The Hall–Kier alpha value is 0.0875. The molecule has 1 unspecified atom stereocenters. The predicted octanol–water partition coefficient (Wildman–Crippen LogP) is 8.07. The van der Waals surface area contributed by atoms with Crippen LogP contribution in [0.3, 0.4) is 0 Å². The molecule has 0 fully saturated rings. The van der Waals surface area contributed by atoms with Gasteiger partial charge in [-0.3, -0.25) is 0 Å². The maximum Gasteiger partial charge on any atom is 0.0827 e. The summed E-state index contributed by atoms with van der Waals surface area (Å²) in [5.74, 6) is 0. The minimum Gasteiger partial charge on any atom is -0.0698 e. The maximum absolute atomic E-state index is 2.85. The van der Waals surface area contributed by atoms with Crippen molar-refractivity contribution in [3.8, 4) is 0 Å². The lowest BCUT2D eigenvalue weighted by Gasteiger charge is -2.67. The number of hydrogen-bond donors (Lipinski definition) is 0. The van der Waals surface area contributed by atoms with E-state index in [4.69, 9.17) is 0 Å². The Labute approximate surface area is 182 Å². The molecule has 1 aromatic carbocycles. The summed E-state index contributed by atoms with van der Waals surface area (Å²) >= 11 is 0. The Morgan fingerprint density at radius 3 is 1.32 bits per heavy atom. The summed E-state index contributed by atoms with van der Waals surface area (Å²) in [6.07, 6.45) is 2.72. The van der Waals surface area contributed by atoms with Crippen molar-refractivity contribution < 1.29 is 0 Å². The molecule has 0 amide bonds. The van der Waals surface area contributed by atoms with Gasteiger partial charge in [-0.1, -0.05) is 125 Å². The SMILES string of the molecule is CCCC[Si](C)(c1c(C)cc(C)cc1C)C([Si](C)(C)C)([Si](C)(C)C)[Si](C)(C)C. The van der Waals surface area contributed by atoms with Crippen molar-refractivity contribution in [2.45, 2.75) is 116 Å². The molecule has 0 bridgehead atoms. The molecule has 0 spiro atoms. The summed E-state index contributed by atoms with van der Waals surface area (Å²) in [4.78, 5) is 0. The average Bonchev–Trinajstić information content (AvgIpc) is 2.39. The van der Waals surface area contributed by atoms with Gasteiger partial charge in [0, 0.05) is 24.2 Å². The van der Waals surface area contributed by atoms with Gasteiger partial charge in [0.25, 0.3) is 0 Å². The van der Waals surface area contributed by atoms with E-state index in [2.05, 4.69) is 105 Å². The monoisotopic (exact) mass is 450 g/mol. The molecular formula is C24H50Si4. The van der Waals surface area contributed by atoms with Crippen LogP contribution in [0.1, 0.15) is 36.5 Å². The van der Waals surface area contributed by atoms with Crippen LogP contribution in [-0.4, -0.2) is 32.3 Å². The summed E-state index contributed by atoms with van der Waals surface area (Å²) in [6.45, 7) is 37.0. The lowest BCUT2D eigenvalue weighted by molar-refractivity contribution is 0.861. The fourth-order valence-electron chi connectivity index (χ4n) is 8.94. The van der Waals surface area contributed by atoms with Gasteiger partial charge in [-0.15, -0.1) is 0 Å². The van der Waals surface area contributed by atoms with E-state index < -0.39 is 32.3 Å². The van der Waals surface area contributed by atoms with Crippen LogP contribution < -0.4 is 5.19 Å². The van der Waals surface area contributed by atoms with Gasteiger partial charge in [-0.2, -0.15) is 0 Å². The fraction of sp³-hybridized carbons (Fsp3) is 0.750. The molecule has 0 nitrogen and oxygen atoms in total. The molecule has 1 aromatic rings. The van der Waals surface area contributed by atoms with Gasteiger partial charge in [0.05, 0.1) is 8.07 Å². The maximum atomic E-state index is 2.85. The first kappa shape index (κ1) is 26.1. The third kappa shape index (κ3) is 4.13. The molecule has 0 saturated heterocycles. The van der Waals surface area contributed by atoms with Gasteiger partial charge in [0.2, 0.25) is 0 Å². The zero-order valence-corrected chi connectivity index (χ0v) is 25.8. The first-order valence-corrected chi connectivity index (χ1v) is 24.7. The van der Waals surface area contributed by atoms with Crippen molar-refractivity contribution in [3.63, 3.8) is 0 Å². The normalized spacial score (nSPS) is 16.2. The van der Waals surface area contributed by atoms with Crippen molar-refractivity contribution in [3.05, 3.63) is 28.8 Å². The number of aryl methyl sites for hydroxylation is 3. The van der Waals surface area contributed by atoms with Crippen LogP contribution in [0.2, 0.25) is 75.4 Å². The minimum atomic E-state index is -1.76. The molecule has 0 aliphatic carbocycles. The van der Waals surface area contributed by atoms with Crippen LogP contribution in [0, 0.1) is 20.8 Å². The third-order valence-electron chi connectivity index (χ3n) is 7.46. The summed E-state index contributed by atoms with van der Waals surface area (Å²) in [5, 5.41) is 1.85. The van der Waals surface area contributed by atoms with E-state index in [-0.39, 0.29) is 0 Å². The van der Waals surface area contributed by atoms with Gasteiger partial charge in [-0.05, 0) is 24.7 Å². The zero-order valence-electron chi connectivity index (χ0n) is 21.8. The summed E-state index contributed by atoms with van der Waals surface area (Å²) in [6, 6.07) is 6.46. The second kappa shape index (κ2) is 8.31. The van der Waals surface area contributed by atoms with Crippen molar-refractivity contribution >= 4 is 37.5 Å². The van der Waals surface area contributed by atoms with E-state index in [9.17, 15) is 0 Å². The molecule has 0 radical (unpaired) electrons. The van der Waals surface area contributed by atoms with Crippen molar-refractivity contribution in [1.29, 1.82) is 0 Å². The zero-order chi connectivity index (χ0) is 22.3. The van der Waals surface area contributed by atoms with Crippen LogP contribution in [-0.2, 0) is 0 Å². The van der Waals surface area contributed by atoms with Crippen LogP contribution >= 0.6 is 0 Å². The highest BCUT2D eigenvalue weighted by atomic mass is 28.5. The second-order valence-corrected chi connectivity index (χ2v) is 35.9. The number of hydrogen-bond acceptors (Lipinski definition) is 0. The summed E-state index contributed by atoms with van der Waals surface area (Å²) < 4.78 is 0.653. The smallest absolute Gasteiger partial charge is 0.0698 e. The Bertz CT molecular complexity index is 627. The standard InChI is InChI=1S/C24H50Si4/c1-15-16-17-28(14,23-21(3)18-20(2)19-22(23)4)24(25(5,6)7,26(8,9)10)27(11,12)13/h18-19H,15-17H2,1-14H3. The Kier molecular flexibility index (Phi) is 7.76. The van der Waals surface area contributed by atoms with Crippen LogP contribution in [0.15, 0.2) is 12.1 Å². The molecular weight excluding hydrogens is 401 g/mol. The lowest BCUT2D eigenvalue weighted by atomic mass is 10.1. The van der Waals surface area contributed by atoms with Crippen LogP contribution in [0.4, 0.5) is 0 Å². The highest BCUT2D eigenvalue weighted by molar-refractivity contribution is 7.32. The minimum absolute atomic E-state index is 0.653. The van der Waals surface area contributed by atoms with Crippen LogP contribution in [0.5, 0.6) is 0 Å². The molecule has 0 aliphatic heterocycles. The first-order chi connectivity index (χ1) is 12.4. The average molecular weight is 451 g/mol. The summed E-state index contributed by atoms with van der Waals surface area (Å²) in [5.41, 5.74) is 4.63.